The molecular formula is C27H30N2O5. The molecule has 1 heterocycles. The number of hydrogen-bond donors (Lipinski definition) is 2. The SMILES string of the molecule is COCCOC(=O)C1=C(C)NC(C)=C(C(=O)OC/C=C/c2ccccc2)C1c1ccc(N)cc1. The number of nitrogen functional groups attached to an aromatic ring is 1. The number of hydrogen-bond acceptors (Lipinski definition) is 7. The molecular weight excluding hydrogens is 432 g/mol. The van der Waals surface area contributed by atoms with Crippen LogP contribution in [0, 0.1) is 0 Å². The second kappa shape index (κ2) is 11.9. The van der Waals surface area contributed by atoms with E-state index in [1.54, 1.807) is 44.2 Å². The maximum Gasteiger partial charge on any atom is 0.337 e. The lowest BCUT2D eigenvalue weighted by molar-refractivity contribution is -0.140. The van der Waals surface area contributed by atoms with Gasteiger partial charge in [0.15, 0.2) is 0 Å². The first-order valence-electron chi connectivity index (χ1n) is 11.0. The summed E-state index contributed by atoms with van der Waals surface area (Å²) in [7, 11) is 1.53. The first kappa shape index (κ1) is 24.8. The third-order valence-corrected chi connectivity index (χ3v) is 5.41. The van der Waals surface area contributed by atoms with Crippen LogP contribution < -0.4 is 11.1 Å². The highest BCUT2D eigenvalue weighted by Crippen LogP contribution is 2.39. The maximum atomic E-state index is 13.2. The third-order valence-electron chi connectivity index (χ3n) is 5.41. The predicted octanol–water partition coefficient (Wildman–Crippen LogP) is 3.95. The van der Waals surface area contributed by atoms with E-state index in [0.29, 0.717) is 28.2 Å². The minimum atomic E-state index is -0.664. The Balaban J connectivity index is 1.87. The Morgan fingerprint density at radius 1 is 0.912 bits per heavy atom. The van der Waals surface area contributed by atoms with E-state index in [1.165, 1.54) is 7.11 Å². The summed E-state index contributed by atoms with van der Waals surface area (Å²) in [5.74, 6) is -1.70. The van der Waals surface area contributed by atoms with Gasteiger partial charge < -0.3 is 25.3 Å². The minimum Gasteiger partial charge on any atom is -0.460 e. The van der Waals surface area contributed by atoms with Crippen molar-refractivity contribution in [2.24, 2.45) is 0 Å². The molecule has 34 heavy (non-hydrogen) atoms. The summed E-state index contributed by atoms with van der Waals surface area (Å²) in [5, 5.41) is 3.14. The molecule has 7 nitrogen and oxygen atoms in total. The second-order valence-electron chi connectivity index (χ2n) is 7.84. The van der Waals surface area contributed by atoms with Gasteiger partial charge in [0, 0.05) is 24.2 Å². The van der Waals surface area contributed by atoms with Crippen LogP contribution in [-0.2, 0) is 23.8 Å². The number of nitrogens with two attached hydrogens (primary N) is 1. The Hall–Kier alpha value is -3.84. The fourth-order valence-corrected chi connectivity index (χ4v) is 3.80. The lowest BCUT2D eigenvalue weighted by atomic mass is 9.80. The van der Waals surface area contributed by atoms with Gasteiger partial charge in [-0.1, -0.05) is 48.5 Å². The number of ether oxygens (including phenoxy) is 3. The molecule has 1 aliphatic rings. The molecule has 1 aliphatic heterocycles. The van der Waals surface area contributed by atoms with Crippen molar-refractivity contribution in [1.29, 1.82) is 0 Å². The highest BCUT2D eigenvalue weighted by atomic mass is 16.6. The number of benzene rings is 2. The summed E-state index contributed by atoms with van der Waals surface area (Å²) in [6.45, 7) is 4.04. The van der Waals surface area contributed by atoms with Crippen molar-refractivity contribution in [3.05, 3.63) is 94.3 Å². The van der Waals surface area contributed by atoms with Gasteiger partial charge in [-0.2, -0.15) is 0 Å². The predicted molar refractivity (Wildman–Crippen MR) is 131 cm³/mol. The highest BCUT2D eigenvalue weighted by molar-refractivity contribution is 6.00. The van der Waals surface area contributed by atoms with Crippen molar-refractivity contribution in [3.63, 3.8) is 0 Å². The summed E-state index contributed by atoms with van der Waals surface area (Å²) in [6.07, 6.45) is 3.66. The van der Waals surface area contributed by atoms with E-state index in [2.05, 4.69) is 5.32 Å². The van der Waals surface area contributed by atoms with Crippen molar-refractivity contribution in [3.8, 4) is 0 Å². The molecule has 0 saturated carbocycles. The molecule has 0 spiro atoms. The van der Waals surface area contributed by atoms with Crippen LogP contribution in [0.1, 0.15) is 30.9 Å². The zero-order chi connectivity index (χ0) is 24.5. The van der Waals surface area contributed by atoms with Crippen LogP contribution in [0.15, 0.2) is 83.2 Å². The first-order chi connectivity index (χ1) is 16.4. The number of nitrogens with one attached hydrogen (secondary N) is 1. The number of rotatable bonds is 9. The van der Waals surface area contributed by atoms with Gasteiger partial charge in [0.05, 0.1) is 23.7 Å². The molecule has 0 aromatic heterocycles. The van der Waals surface area contributed by atoms with E-state index < -0.39 is 17.9 Å². The van der Waals surface area contributed by atoms with Crippen LogP contribution >= 0.6 is 0 Å². The zero-order valence-electron chi connectivity index (χ0n) is 19.7. The van der Waals surface area contributed by atoms with Gasteiger partial charge >= 0.3 is 11.9 Å². The standard InChI is InChI=1S/C27H30N2O5/c1-18-23(26(30)33-15-7-10-20-8-5-4-6-9-20)25(21-11-13-22(28)14-12-21)24(19(2)29-18)27(31)34-17-16-32-3/h4-14,25,29H,15-17,28H2,1-3H3/b10-7+. The van der Waals surface area contributed by atoms with E-state index in [9.17, 15) is 9.59 Å². The lowest BCUT2D eigenvalue weighted by Gasteiger charge is -2.30. The van der Waals surface area contributed by atoms with Gasteiger partial charge in [-0.05, 0) is 43.2 Å². The van der Waals surface area contributed by atoms with Gasteiger partial charge in [0.25, 0.3) is 0 Å². The maximum absolute atomic E-state index is 13.2. The summed E-state index contributed by atoms with van der Waals surface area (Å²) in [4.78, 5) is 26.3. The fraction of sp³-hybridized carbons (Fsp3) is 0.259. The number of carbonyl (C=O) groups excluding carboxylic acids is 2. The molecule has 1 atom stereocenters. The zero-order valence-corrected chi connectivity index (χ0v) is 19.7. The average Bonchev–Trinajstić information content (AvgIpc) is 2.82. The first-order valence-corrected chi connectivity index (χ1v) is 11.0. The van der Waals surface area contributed by atoms with Crippen LogP contribution in [0.4, 0.5) is 5.69 Å². The molecule has 3 rings (SSSR count). The van der Waals surface area contributed by atoms with Crippen LogP contribution in [0.5, 0.6) is 0 Å². The Morgan fingerprint density at radius 3 is 2.15 bits per heavy atom. The second-order valence-corrected chi connectivity index (χ2v) is 7.84. The molecule has 0 fully saturated rings. The molecule has 1 unspecified atom stereocenters. The average molecular weight is 463 g/mol. The largest absolute Gasteiger partial charge is 0.460 e. The molecule has 0 bridgehead atoms. The highest BCUT2D eigenvalue weighted by Gasteiger charge is 2.37. The summed E-state index contributed by atoms with van der Waals surface area (Å²) in [6, 6.07) is 16.8. The van der Waals surface area contributed by atoms with Gasteiger partial charge in [0.1, 0.15) is 13.2 Å². The number of methoxy groups -OCH3 is 1. The normalized spacial score (nSPS) is 15.9. The Labute approximate surface area is 199 Å². The van der Waals surface area contributed by atoms with Crippen LogP contribution in [0.25, 0.3) is 6.08 Å². The van der Waals surface area contributed by atoms with Crippen LogP contribution in [0.2, 0.25) is 0 Å². The van der Waals surface area contributed by atoms with Gasteiger partial charge in [-0.3, -0.25) is 0 Å². The van der Waals surface area contributed by atoms with Crippen LogP contribution in [-0.4, -0.2) is 38.9 Å². The van der Waals surface area contributed by atoms with E-state index >= 15 is 0 Å². The van der Waals surface area contributed by atoms with E-state index in [0.717, 1.165) is 11.1 Å². The Morgan fingerprint density at radius 2 is 1.53 bits per heavy atom. The number of carbonyl (C=O) groups is 2. The molecule has 0 radical (unpaired) electrons. The van der Waals surface area contributed by atoms with E-state index in [-0.39, 0.29) is 19.8 Å². The molecule has 0 aliphatic carbocycles. The molecule has 3 N–H and O–H groups in total. The number of dihydropyridines is 1. The van der Waals surface area contributed by atoms with Gasteiger partial charge in [-0.15, -0.1) is 0 Å². The molecule has 178 valence electrons. The Kier molecular flexibility index (Phi) is 8.65. The molecule has 2 aromatic carbocycles. The lowest BCUT2D eigenvalue weighted by Crippen LogP contribution is -2.32. The number of esters is 2. The smallest absolute Gasteiger partial charge is 0.337 e. The monoisotopic (exact) mass is 462 g/mol. The number of allylic oxidation sites excluding steroid dienone is 2. The van der Waals surface area contributed by atoms with Gasteiger partial charge in [-0.25, -0.2) is 9.59 Å². The van der Waals surface area contributed by atoms with Crippen molar-refractivity contribution in [1.82, 2.24) is 5.32 Å². The van der Waals surface area contributed by atoms with Crippen molar-refractivity contribution in [2.45, 2.75) is 19.8 Å². The molecule has 0 saturated heterocycles. The van der Waals surface area contributed by atoms with Crippen molar-refractivity contribution >= 4 is 23.7 Å². The summed E-state index contributed by atoms with van der Waals surface area (Å²) >= 11 is 0. The van der Waals surface area contributed by atoms with Crippen molar-refractivity contribution in [2.75, 3.05) is 32.7 Å². The fourth-order valence-electron chi connectivity index (χ4n) is 3.80. The van der Waals surface area contributed by atoms with E-state index in [4.69, 9.17) is 19.9 Å². The number of anilines is 1. The minimum absolute atomic E-state index is 0.0925. The third kappa shape index (κ3) is 6.14. The molecule has 2 aromatic rings. The summed E-state index contributed by atoms with van der Waals surface area (Å²) in [5.41, 5.74) is 10.1. The van der Waals surface area contributed by atoms with E-state index in [1.807, 2.05) is 36.4 Å². The van der Waals surface area contributed by atoms with Gasteiger partial charge in [0.2, 0.25) is 0 Å². The Bertz CT molecular complexity index is 1100. The van der Waals surface area contributed by atoms with Crippen LogP contribution in [0.3, 0.4) is 0 Å². The molecule has 7 heteroatoms. The quantitative estimate of drug-likeness (QED) is 0.331. The topological polar surface area (TPSA) is 99.9 Å². The van der Waals surface area contributed by atoms with Crippen molar-refractivity contribution < 1.29 is 23.8 Å². The summed E-state index contributed by atoms with van der Waals surface area (Å²) < 4.78 is 16.0. The molecule has 0 amide bonds.